The predicted molar refractivity (Wildman–Crippen MR) is 67.5 cm³/mol. The van der Waals surface area contributed by atoms with Gasteiger partial charge in [-0.05, 0) is 31.4 Å². The second-order valence-electron chi connectivity index (χ2n) is 4.71. The van der Waals surface area contributed by atoms with Crippen LogP contribution in [0.15, 0.2) is 12.1 Å². The lowest BCUT2D eigenvalue weighted by atomic mass is 10.1. The average molecular weight is 233 g/mol. The van der Waals surface area contributed by atoms with E-state index in [1.807, 2.05) is 0 Å². The third-order valence-corrected chi connectivity index (χ3v) is 3.44. The number of anilines is 1. The summed E-state index contributed by atoms with van der Waals surface area (Å²) in [5.41, 5.74) is 1.17. The van der Waals surface area contributed by atoms with Gasteiger partial charge in [-0.15, -0.1) is 0 Å². The van der Waals surface area contributed by atoms with Gasteiger partial charge in [0.1, 0.15) is 12.4 Å². The summed E-state index contributed by atoms with van der Waals surface area (Å²) in [5, 5.41) is 3.32. The average Bonchev–Trinajstić information content (AvgIpc) is 2.64. The largest absolute Gasteiger partial charge is 0.476 e. The van der Waals surface area contributed by atoms with Crippen molar-refractivity contribution in [2.24, 2.45) is 0 Å². The molecule has 1 aromatic rings. The van der Waals surface area contributed by atoms with E-state index in [0.29, 0.717) is 6.61 Å². The molecule has 3 rings (SSSR count). The molecule has 17 heavy (non-hydrogen) atoms. The molecule has 92 valence electrons. The molecule has 1 fully saturated rings. The third-order valence-electron chi connectivity index (χ3n) is 3.44. The van der Waals surface area contributed by atoms with Crippen molar-refractivity contribution in [1.82, 2.24) is 10.3 Å². The smallest absolute Gasteiger partial charge is 0.219 e. The maximum absolute atomic E-state index is 5.68. The van der Waals surface area contributed by atoms with E-state index in [-0.39, 0.29) is 0 Å². The summed E-state index contributed by atoms with van der Waals surface area (Å²) in [6.07, 6.45) is 3.91. The van der Waals surface area contributed by atoms with E-state index in [1.54, 1.807) is 0 Å². The van der Waals surface area contributed by atoms with Crippen molar-refractivity contribution < 1.29 is 4.74 Å². The van der Waals surface area contributed by atoms with Crippen molar-refractivity contribution in [3.05, 3.63) is 17.7 Å². The summed E-state index contributed by atoms with van der Waals surface area (Å²) in [7, 11) is 0. The van der Waals surface area contributed by atoms with Crippen LogP contribution in [-0.2, 0) is 6.54 Å². The van der Waals surface area contributed by atoms with Crippen LogP contribution in [0, 0.1) is 0 Å². The van der Waals surface area contributed by atoms with E-state index in [4.69, 9.17) is 4.74 Å². The highest BCUT2D eigenvalue weighted by molar-refractivity contribution is 5.44. The number of piperidine rings is 1. The van der Waals surface area contributed by atoms with Gasteiger partial charge in [-0.2, -0.15) is 4.98 Å². The Kier molecular flexibility index (Phi) is 3.14. The van der Waals surface area contributed by atoms with Gasteiger partial charge in [0.2, 0.25) is 5.88 Å². The molecule has 1 N–H and O–H groups in total. The Labute approximate surface area is 102 Å². The Morgan fingerprint density at radius 1 is 1.18 bits per heavy atom. The summed E-state index contributed by atoms with van der Waals surface area (Å²) in [6, 6.07) is 4.27. The number of rotatable bonds is 1. The summed E-state index contributed by atoms with van der Waals surface area (Å²) in [4.78, 5) is 7.03. The summed E-state index contributed by atoms with van der Waals surface area (Å²) in [5.74, 6) is 1.89. The van der Waals surface area contributed by atoms with Crippen LogP contribution in [0.5, 0.6) is 5.88 Å². The van der Waals surface area contributed by atoms with Gasteiger partial charge in [0, 0.05) is 31.7 Å². The topological polar surface area (TPSA) is 37.4 Å². The van der Waals surface area contributed by atoms with Crippen molar-refractivity contribution in [3.63, 3.8) is 0 Å². The number of hydrogen-bond donors (Lipinski definition) is 1. The van der Waals surface area contributed by atoms with Gasteiger partial charge in [-0.3, -0.25) is 0 Å². The first-order valence-electron chi connectivity index (χ1n) is 6.52. The second-order valence-corrected chi connectivity index (χ2v) is 4.71. The van der Waals surface area contributed by atoms with E-state index >= 15 is 0 Å². The molecule has 0 spiro atoms. The van der Waals surface area contributed by atoms with Gasteiger partial charge in [0.15, 0.2) is 0 Å². The highest BCUT2D eigenvalue weighted by Gasteiger charge is 2.15. The Morgan fingerprint density at radius 2 is 2.06 bits per heavy atom. The summed E-state index contributed by atoms with van der Waals surface area (Å²) in [6.45, 7) is 4.73. The van der Waals surface area contributed by atoms with Gasteiger partial charge < -0.3 is 15.0 Å². The monoisotopic (exact) mass is 233 g/mol. The van der Waals surface area contributed by atoms with Crippen LogP contribution in [-0.4, -0.2) is 31.2 Å². The van der Waals surface area contributed by atoms with Crippen LogP contribution in [0.25, 0.3) is 0 Å². The normalized spacial score (nSPS) is 20.4. The van der Waals surface area contributed by atoms with Crippen LogP contribution in [0.2, 0.25) is 0 Å². The molecule has 0 unspecified atom stereocenters. The number of hydrogen-bond acceptors (Lipinski definition) is 4. The van der Waals surface area contributed by atoms with E-state index in [9.17, 15) is 0 Å². The first kappa shape index (κ1) is 10.8. The highest BCUT2D eigenvalue weighted by atomic mass is 16.5. The van der Waals surface area contributed by atoms with Crippen LogP contribution in [0.4, 0.5) is 5.82 Å². The van der Waals surface area contributed by atoms with Gasteiger partial charge in [-0.1, -0.05) is 0 Å². The molecule has 0 saturated carbocycles. The molecule has 0 radical (unpaired) electrons. The zero-order valence-electron chi connectivity index (χ0n) is 10.1. The maximum atomic E-state index is 5.68. The fourth-order valence-electron chi connectivity index (χ4n) is 2.46. The maximum Gasteiger partial charge on any atom is 0.219 e. The molecule has 1 aromatic heterocycles. The van der Waals surface area contributed by atoms with E-state index < -0.39 is 0 Å². The van der Waals surface area contributed by atoms with E-state index in [2.05, 4.69) is 27.3 Å². The number of fused-ring (bicyclic) bond motifs is 1. The van der Waals surface area contributed by atoms with E-state index in [1.165, 1.54) is 24.8 Å². The molecule has 4 nitrogen and oxygen atoms in total. The van der Waals surface area contributed by atoms with Crippen molar-refractivity contribution in [1.29, 1.82) is 0 Å². The first-order valence-corrected chi connectivity index (χ1v) is 6.52. The standard InChI is InChI=1S/C13H19N3O/c1-2-7-16(8-3-1)12-5-4-11-10-14-6-9-17-13(11)15-12/h4-5,14H,1-3,6-10H2. The van der Waals surface area contributed by atoms with Crippen LogP contribution in [0.1, 0.15) is 24.8 Å². The fourth-order valence-corrected chi connectivity index (χ4v) is 2.46. The van der Waals surface area contributed by atoms with Crippen molar-refractivity contribution in [2.75, 3.05) is 31.1 Å². The first-order chi connectivity index (χ1) is 8.43. The van der Waals surface area contributed by atoms with Gasteiger partial charge in [0.05, 0.1) is 0 Å². The molecular weight excluding hydrogens is 214 g/mol. The number of pyridine rings is 1. The number of nitrogens with zero attached hydrogens (tertiary/aromatic N) is 2. The second kappa shape index (κ2) is 4.92. The lowest BCUT2D eigenvalue weighted by Crippen LogP contribution is -2.30. The number of ether oxygens (including phenoxy) is 1. The minimum Gasteiger partial charge on any atom is -0.476 e. The lowest BCUT2D eigenvalue weighted by Gasteiger charge is -2.28. The Bertz CT molecular complexity index is 388. The molecule has 0 atom stereocenters. The molecule has 0 amide bonds. The van der Waals surface area contributed by atoms with Crippen molar-refractivity contribution >= 4 is 5.82 Å². The predicted octanol–water partition coefficient (Wildman–Crippen LogP) is 1.55. The molecule has 3 heterocycles. The van der Waals surface area contributed by atoms with Crippen LogP contribution >= 0.6 is 0 Å². The van der Waals surface area contributed by atoms with Crippen LogP contribution in [0.3, 0.4) is 0 Å². The lowest BCUT2D eigenvalue weighted by molar-refractivity contribution is 0.314. The van der Waals surface area contributed by atoms with Gasteiger partial charge in [-0.25, -0.2) is 0 Å². The molecule has 4 heteroatoms. The van der Waals surface area contributed by atoms with Crippen molar-refractivity contribution in [3.8, 4) is 5.88 Å². The quantitative estimate of drug-likeness (QED) is 0.798. The minimum atomic E-state index is 0.712. The van der Waals surface area contributed by atoms with E-state index in [0.717, 1.165) is 37.9 Å². The zero-order valence-corrected chi connectivity index (χ0v) is 10.1. The summed E-state index contributed by atoms with van der Waals surface area (Å²) >= 11 is 0. The Hall–Kier alpha value is -1.29. The van der Waals surface area contributed by atoms with Gasteiger partial charge in [0.25, 0.3) is 0 Å². The summed E-state index contributed by atoms with van der Waals surface area (Å²) < 4.78 is 5.68. The SMILES string of the molecule is c1cc2c(nc1N1CCCCC1)OCCNC2. The van der Waals surface area contributed by atoms with Crippen LogP contribution < -0.4 is 15.0 Å². The molecule has 0 aromatic carbocycles. The molecule has 1 saturated heterocycles. The number of aromatic nitrogens is 1. The van der Waals surface area contributed by atoms with Gasteiger partial charge >= 0.3 is 0 Å². The Balaban J connectivity index is 1.83. The Morgan fingerprint density at radius 3 is 2.94 bits per heavy atom. The molecule has 2 aliphatic heterocycles. The fraction of sp³-hybridized carbons (Fsp3) is 0.615. The minimum absolute atomic E-state index is 0.712. The highest BCUT2D eigenvalue weighted by Crippen LogP contribution is 2.24. The molecule has 0 bridgehead atoms. The molecule has 0 aliphatic carbocycles. The molecule has 2 aliphatic rings. The van der Waals surface area contributed by atoms with Crippen molar-refractivity contribution in [2.45, 2.75) is 25.8 Å². The zero-order chi connectivity index (χ0) is 11.5. The third kappa shape index (κ3) is 2.36. The number of nitrogens with one attached hydrogen (secondary N) is 1. The molecular formula is C13H19N3O.